The van der Waals surface area contributed by atoms with Crippen molar-refractivity contribution in [1.29, 1.82) is 5.26 Å². The summed E-state index contributed by atoms with van der Waals surface area (Å²) in [7, 11) is 0. The molecule has 0 N–H and O–H groups in total. The van der Waals surface area contributed by atoms with Crippen molar-refractivity contribution in [3.8, 4) is 6.07 Å². The number of carbonyl (C=O) groups is 1. The predicted molar refractivity (Wildman–Crippen MR) is 63.7 cm³/mol. The fourth-order valence-corrected chi connectivity index (χ4v) is 1.93. The maximum atomic E-state index is 11.3. The molecule has 1 aromatic carbocycles. The van der Waals surface area contributed by atoms with Gasteiger partial charge in [-0.15, -0.1) is 0 Å². The largest absolute Gasteiger partial charge is 0.466 e. The molecule has 1 unspecified atom stereocenters. The van der Waals surface area contributed by atoms with E-state index in [9.17, 15) is 4.79 Å². The number of hydrogen-bond acceptors (Lipinski definition) is 3. The number of esters is 1. The Morgan fingerprint density at radius 3 is 2.81 bits per heavy atom. The fourth-order valence-electron chi connectivity index (χ4n) is 1.37. The molecule has 0 aliphatic rings. The maximum absolute atomic E-state index is 11.3. The monoisotopic (exact) mass is 281 g/mol. The molecule has 0 fully saturated rings. The summed E-state index contributed by atoms with van der Waals surface area (Å²) in [4.78, 5) is 11.3. The van der Waals surface area contributed by atoms with Gasteiger partial charge in [-0.25, -0.2) is 0 Å². The third kappa shape index (κ3) is 3.35. The van der Waals surface area contributed by atoms with E-state index < -0.39 is 5.92 Å². The van der Waals surface area contributed by atoms with Gasteiger partial charge in [0.15, 0.2) is 0 Å². The molecule has 0 aromatic heterocycles. The predicted octanol–water partition coefficient (Wildman–Crippen LogP) is 3.01. The zero-order valence-corrected chi connectivity index (χ0v) is 10.5. The van der Waals surface area contributed by atoms with E-state index in [1.165, 1.54) is 0 Å². The standard InChI is InChI=1S/C12H12BrNO2/c1-2-16-12(15)7-9(8-14)10-5-3-4-6-11(10)13/h3-6,9H,2,7H2,1H3. The minimum atomic E-state index is -0.463. The van der Waals surface area contributed by atoms with Crippen molar-refractivity contribution in [3.63, 3.8) is 0 Å². The summed E-state index contributed by atoms with van der Waals surface area (Å²) in [5.74, 6) is -0.806. The normalized spacial score (nSPS) is 11.6. The minimum Gasteiger partial charge on any atom is -0.466 e. The second kappa shape index (κ2) is 6.29. The lowest BCUT2D eigenvalue weighted by Crippen LogP contribution is -2.09. The van der Waals surface area contributed by atoms with Crippen molar-refractivity contribution in [2.45, 2.75) is 19.3 Å². The Hall–Kier alpha value is -1.34. The Morgan fingerprint density at radius 2 is 2.25 bits per heavy atom. The maximum Gasteiger partial charge on any atom is 0.307 e. The van der Waals surface area contributed by atoms with E-state index in [2.05, 4.69) is 22.0 Å². The second-order valence-electron chi connectivity index (χ2n) is 3.21. The van der Waals surface area contributed by atoms with Gasteiger partial charge in [-0.05, 0) is 18.6 Å². The molecule has 0 saturated carbocycles. The van der Waals surface area contributed by atoms with Crippen molar-refractivity contribution >= 4 is 21.9 Å². The van der Waals surface area contributed by atoms with Gasteiger partial charge in [-0.1, -0.05) is 34.1 Å². The van der Waals surface area contributed by atoms with Crippen LogP contribution < -0.4 is 0 Å². The Bertz CT molecular complexity index is 412. The Kier molecular flexibility index (Phi) is 5.00. The molecule has 1 rings (SSSR count). The van der Waals surface area contributed by atoms with Crippen LogP contribution in [0.4, 0.5) is 0 Å². The third-order valence-electron chi connectivity index (χ3n) is 2.11. The van der Waals surface area contributed by atoms with E-state index in [4.69, 9.17) is 10.00 Å². The highest BCUT2D eigenvalue weighted by atomic mass is 79.9. The lowest BCUT2D eigenvalue weighted by atomic mass is 9.97. The van der Waals surface area contributed by atoms with Crippen LogP contribution in [0.5, 0.6) is 0 Å². The van der Waals surface area contributed by atoms with Gasteiger partial charge in [0, 0.05) is 4.47 Å². The van der Waals surface area contributed by atoms with Crippen LogP contribution in [0, 0.1) is 11.3 Å². The van der Waals surface area contributed by atoms with Crippen molar-refractivity contribution in [3.05, 3.63) is 34.3 Å². The highest BCUT2D eigenvalue weighted by molar-refractivity contribution is 9.10. The van der Waals surface area contributed by atoms with Gasteiger partial charge in [0.05, 0.1) is 25.0 Å². The zero-order valence-electron chi connectivity index (χ0n) is 8.94. The lowest BCUT2D eigenvalue weighted by molar-refractivity contribution is -0.143. The van der Waals surface area contributed by atoms with E-state index >= 15 is 0 Å². The molecule has 16 heavy (non-hydrogen) atoms. The fraction of sp³-hybridized carbons (Fsp3) is 0.333. The van der Waals surface area contributed by atoms with Gasteiger partial charge in [0.2, 0.25) is 0 Å². The highest BCUT2D eigenvalue weighted by Gasteiger charge is 2.18. The van der Waals surface area contributed by atoms with E-state index in [1.54, 1.807) is 6.92 Å². The number of nitriles is 1. The molecule has 0 saturated heterocycles. The third-order valence-corrected chi connectivity index (χ3v) is 2.83. The van der Waals surface area contributed by atoms with Gasteiger partial charge in [0.25, 0.3) is 0 Å². The number of rotatable bonds is 4. The van der Waals surface area contributed by atoms with E-state index in [1.807, 2.05) is 24.3 Å². The first-order valence-electron chi connectivity index (χ1n) is 4.98. The summed E-state index contributed by atoms with van der Waals surface area (Å²) >= 11 is 3.36. The van der Waals surface area contributed by atoms with Gasteiger partial charge >= 0.3 is 5.97 Å². The molecule has 0 bridgehead atoms. The van der Waals surface area contributed by atoms with E-state index in [0.29, 0.717) is 6.61 Å². The summed E-state index contributed by atoms with van der Waals surface area (Å²) in [5.41, 5.74) is 0.818. The number of halogens is 1. The summed E-state index contributed by atoms with van der Waals surface area (Å²) < 4.78 is 5.67. The topological polar surface area (TPSA) is 50.1 Å². The number of ether oxygens (including phenoxy) is 1. The molecule has 0 spiro atoms. The molecule has 0 amide bonds. The zero-order chi connectivity index (χ0) is 12.0. The molecule has 1 atom stereocenters. The second-order valence-corrected chi connectivity index (χ2v) is 4.07. The molecule has 0 aliphatic heterocycles. The summed E-state index contributed by atoms with van der Waals surface area (Å²) in [6.07, 6.45) is 0.0902. The molecular formula is C12H12BrNO2. The number of benzene rings is 1. The first-order chi connectivity index (χ1) is 7.69. The van der Waals surface area contributed by atoms with Gasteiger partial charge in [-0.2, -0.15) is 5.26 Å². The number of hydrogen-bond donors (Lipinski definition) is 0. The van der Waals surface area contributed by atoms with Crippen LogP contribution in [-0.2, 0) is 9.53 Å². The summed E-state index contributed by atoms with van der Waals surface area (Å²) in [6.45, 7) is 2.09. The van der Waals surface area contributed by atoms with Gasteiger partial charge in [0.1, 0.15) is 0 Å². The molecule has 1 aromatic rings. The molecule has 0 radical (unpaired) electrons. The number of carbonyl (C=O) groups excluding carboxylic acids is 1. The highest BCUT2D eigenvalue weighted by Crippen LogP contribution is 2.26. The van der Waals surface area contributed by atoms with Crippen molar-refractivity contribution in [2.24, 2.45) is 0 Å². The molecule has 0 aliphatic carbocycles. The van der Waals surface area contributed by atoms with Crippen molar-refractivity contribution in [1.82, 2.24) is 0 Å². The van der Waals surface area contributed by atoms with Crippen molar-refractivity contribution < 1.29 is 9.53 Å². The number of nitrogens with zero attached hydrogens (tertiary/aromatic N) is 1. The van der Waals surface area contributed by atoms with E-state index in [-0.39, 0.29) is 12.4 Å². The van der Waals surface area contributed by atoms with Crippen LogP contribution in [0.3, 0.4) is 0 Å². The van der Waals surface area contributed by atoms with Crippen LogP contribution in [-0.4, -0.2) is 12.6 Å². The van der Waals surface area contributed by atoms with E-state index in [0.717, 1.165) is 10.0 Å². The first kappa shape index (κ1) is 12.7. The Balaban J connectivity index is 2.80. The average molecular weight is 282 g/mol. The molecule has 3 nitrogen and oxygen atoms in total. The minimum absolute atomic E-state index is 0.0902. The van der Waals surface area contributed by atoms with Gasteiger partial charge < -0.3 is 4.74 Å². The van der Waals surface area contributed by atoms with Crippen LogP contribution in [0.15, 0.2) is 28.7 Å². The average Bonchev–Trinajstić information content (AvgIpc) is 2.27. The smallest absolute Gasteiger partial charge is 0.307 e. The summed E-state index contributed by atoms with van der Waals surface area (Å²) in [5, 5.41) is 9.04. The first-order valence-corrected chi connectivity index (χ1v) is 5.78. The van der Waals surface area contributed by atoms with Crippen molar-refractivity contribution in [2.75, 3.05) is 6.61 Å². The Morgan fingerprint density at radius 1 is 1.56 bits per heavy atom. The molecular weight excluding hydrogens is 270 g/mol. The van der Waals surface area contributed by atoms with Crippen LogP contribution in [0.1, 0.15) is 24.8 Å². The molecule has 84 valence electrons. The van der Waals surface area contributed by atoms with Crippen LogP contribution in [0.2, 0.25) is 0 Å². The molecule has 4 heteroatoms. The van der Waals surface area contributed by atoms with Gasteiger partial charge in [-0.3, -0.25) is 4.79 Å². The van der Waals surface area contributed by atoms with Crippen LogP contribution in [0.25, 0.3) is 0 Å². The SMILES string of the molecule is CCOC(=O)CC(C#N)c1ccccc1Br. The Labute approximate surface area is 103 Å². The molecule has 0 heterocycles. The lowest BCUT2D eigenvalue weighted by Gasteiger charge is -2.10. The quantitative estimate of drug-likeness (QED) is 0.797. The van der Waals surface area contributed by atoms with Crippen LogP contribution >= 0.6 is 15.9 Å². The summed E-state index contributed by atoms with van der Waals surface area (Å²) in [6, 6.07) is 9.51.